The molecule has 25 heavy (non-hydrogen) atoms. The summed E-state index contributed by atoms with van der Waals surface area (Å²) < 4.78 is 5.10. The van der Waals surface area contributed by atoms with E-state index in [1.807, 2.05) is 30.3 Å². The molecule has 0 unspecified atom stereocenters. The van der Waals surface area contributed by atoms with Crippen molar-refractivity contribution in [3.8, 4) is 5.75 Å². The second-order valence-corrected chi connectivity index (χ2v) is 5.35. The first-order chi connectivity index (χ1) is 12.1. The topological polar surface area (TPSA) is 76.5 Å². The molecule has 5 heteroatoms. The maximum Gasteiger partial charge on any atom is 0.377 e. The number of hydrogen-bond donors (Lipinski definition) is 1. The van der Waals surface area contributed by atoms with Gasteiger partial charge in [-0.05, 0) is 35.9 Å². The molecule has 3 aromatic rings. The fourth-order valence-electron chi connectivity index (χ4n) is 2.45. The Bertz CT molecular complexity index is 974. The number of methoxy groups -OCH3 is 1. The second-order valence-electron chi connectivity index (χ2n) is 5.35. The number of fused-ring (bicyclic) bond motifs is 1. The Morgan fingerprint density at radius 3 is 2.40 bits per heavy atom. The number of carboxylic acids is 1. The number of pyridine rings is 1. The average molecular weight is 333 g/mol. The van der Waals surface area contributed by atoms with E-state index in [0.29, 0.717) is 22.5 Å². The molecule has 1 heterocycles. The number of carboxylic acid groups (broad SMARTS) is 1. The van der Waals surface area contributed by atoms with Gasteiger partial charge in [0.15, 0.2) is 0 Å². The molecular weight excluding hydrogens is 318 g/mol. The zero-order chi connectivity index (χ0) is 17.8. The van der Waals surface area contributed by atoms with E-state index in [2.05, 4.69) is 4.98 Å². The Balaban J connectivity index is 2.11. The highest BCUT2D eigenvalue weighted by molar-refractivity contribution is 6.52. The van der Waals surface area contributed by atoms with Crippen LogP contribution in [0.4, 0.5) is 0 Å². The first kappa shape index (κ1) is 16.4. The summed E-state index contributed by atoms with van der Waals surface area (Å²) in [4.78, 5) is 27.8. The van der Waals surface area contributed by atoms with Crippen LogP contribution in [-0.4, -0.2) is 29.0 Å². The van der Waals surface area contributed by atoms with Crippen molar-refractivity contribution < 1.29 is 19.4 Å². The number of para-hydroxylation sites is 1. The Labute approximate surface area is 144 Å². The van der Waals surface area contributed by atoms with Crippen LogP contribution in [0.25, 0.3) is 22.6 Å². The van der Waals surface area contributed by atoms with E-state index >= 15 is 0 Å². The minimum atomic E-state index is -1.52. The number of ether oxygens (including phenoxy) is 1. The van der Waals surface area contributed by atoms with E-state index in [1.54, 1.807) is 37.4 Å². The molecule has 0 fully saturated rings. The highest BCUT2D eigenvalue weighted by Crippen LogP contribution is 2.22. The Morgan fingerprint density at radius 1 is 1.00 bits per heavy atom. The van der Waals surface area contributed by atoms with Crippen LogP contribution in [0, 0.1) is 0 Å². The van der Waals surface area contributed by atoms with Gasteiger partial charge in [0, 0.05) is 5.39 Å². The summed E-state index contributed by atoms with van der Waals surface area (Å²) in [5.74, 6) is -1.85. The lowest BCUT2D eigenvalue weighted by atomic mass is 10.0. The summed E-state index contributed by atoms with van der Waals surface area (Å²) in [5, 5.41) is 10.1. The van der Waals surface area contributed by atoms with Gasteiger partial charge in [-0.15, -0.1) is 0 Å². The fraction of sp³-hybridized carbons (Fsp3) is 0.0500. The fourth-order valence-corrected chi connectivity index (χ4v) is 2.45. The molecule has 0 radical (unpaired) electrons. The van der Waals surface area contributed by atoms with Crippen LogP contribution >= 0.6 is 0 Å². The standard InChI is InChI=1S/C20H15NO4/c1-25-15-9-6-13(7-10-15)12-16(19(22)20(23)24)18-11-8-14-4-2-3-5-17(14)21-18/h2-12H,1H3,(H,23,24). The summed E-state index contributed by atoms with van der Waals surface area (Å²) in [6.45, 7) is 0. The highest BCUT2D eigenvalue weighted by atomic mass is 16.5. The van der Waals surface area contributed by atoms with Crippen LogP contribution in [0.2, 0.25) is 0 Å². The van der Waals surface area contributed by atoms with Crippen molar-refractivity contribution in [2.75, 3.05) is 7.11 Å². The minimum Gasteiger partial charge on any atom is -0.497 e. The zero-order valence-electron chi connectivity index (χ0n) is 13.5. The maximum atomic E-state index is 12.2. The van der Waals surface area contributed by atoms with Crippen LogP contribution in [0.5, 0.6) is 5.75 Å². The van der Waals surface area contributed by atoms with Crippen LogP contribution in [0.15, 0.2) is 60.7 Å². The molecule has 0 aliphatic heterocycles. The van der Waals surface area contributed by atoms with Gasteiger partial charge in [-0.3, -0.25) is 4.79 Å². The summed E-state index contributed by atoms with van der Waals surface area (Å²) in [6, 6.07) is 17.9. The van der Waals surface area contributed by atoms with Gasteiger partial charge in [0.05, 0.1) is 23.9 Å². The normalized spacial score (nSPS) is 11.3. The first-order valence-corrected chi connectivity index (χ1v) is 7.58. The number of aliphatic carboxylic acids is 1. The van der Waals surface area contributed by atoms with E-state index in [0.717, 1.165) is 5.39 Å². The van der Waals surface area contributed by atoms with Crippen molar-refractivity contribution in [2.24, 2.45) is 0 Å². The molecule has 0 aliphatic rings. The van der Waals surface area contributed by atoms with E-state index in [1.165, 1.54) is 6.08 Å². The first-order valence-electron chi connectivity index (χ1n) is 7.58. The lowest BCUT2D eigenvalue weighted by Crippen LogP contribution is -2.15. The van der Waals surface area contributed by atoms with Crippen molar-refractivity contribution in [2.45, 2.75) is 0 Å². The number of carbonyl (C=O) groups excluding carboxylic acids is 1. The lowest BCUT2D eigenvalue weighted by Gasteiger charge is -2.06. The van der Waals surface area contributed by atoms with Crippen molar-refractivity contribution in [3.63, 3.8) is 0 Å². The zero-order valence-corrected chi connectivity index (χ0v) is 13.5. The van der Waals surface area contributed by atoms with E-state index in [4.69, 9.17) is 9.84 Å². The number of nitrogens with zero attached hydrogens (tertiary/aromatic N) is 1. The quantitative estimate of drug-likeness (QED) is 0.572. The number of benzene rings is 2. The third-order valence-electron chi connectivity index (χ3n) is 3.74. The summed E-state index contributed by atoms with van der Waals surface area (Å²) >= 11 is 0. The van der Waals surface area contributed by atoms with Gasteiger partial charge in [0.25, 0.3) is 5.78 Å². The van der Waals surface area contributed by atoms with Crippen molar-refractivity contribution in [1.82, 2.24) is 4.98 Å². The highest BCUT2D eigenvalue weighted by Gasteiger charge is 2.21. The number of Topliss-reactive ketones (excluding diaryl/α,β-unsaturated/α-hetero) is 1. The predicted molar refractivity (Wildman–Crippen MR) is 95.3 cm³/mol. The molecule has 3 rings (SSSR count). The van der Waals surface area contributed by atoms with Gasteiger partial charge in [0.1, 0.15) is 5.75 Å². The molecule has 124 valence electrons. The molecular formula is C20H15NO4. The number of rotatable bonds is 5. The summed E-state index contributed by atoms with van der Waals surface area (Å²) in [6.07, 6.45) is 1.52. The number of carbonyl (C=O) groups is 2. The van der Waals surface area contributed by atoms with Crippen LogP contribution < -0.4 is 4.74 Å². The van der Waals surface area contributed by atoms with Gasteiger partial charge in [-0.25, -0.2) is 9.78 Å². The molecule has 2 aromatic carbocycles. The smallest absolute Gasteiger partial charge is 0.377 e. The van der Waals surface area contributed by atoms with Crippen molar-refractivity contribution in [3.05, 3.63) is 71.9 Å². The Morgan fingerprint density at radius 2 is 1.72 bits per heavy atom. The molecule has 0 spiro atoms. The van der Waals surface area contributed by atoms with E-state index < -0.39 is 11.8 Å². The lowest BCUT2D eigenvalue weighted by molar-refractivity contribution is -0.146. The molecule has 0 aliphatic carbocycles. The number of aromatic nitrogens is 1. The average Bonchev–Trinajstić information content (AvgIpc) is 2.65. The van der Waals surface area contributed by atoms with E-state index in [-0.39, 0.29) is 5.57 Å². The molecule has 0 atom stereocenters. The van der Waals surface area contributed by atoms with Gasteiger partial charge in [-0.1, -0.05) is 36.4 Å². The SMILES string of the molecule is COc1ccc(C=C(C(=O)C(=O)O)c2ccc3ccccc3n2)cc1. The summed E-state index contributed by atoms with van der Waals surface area (Å²) in [5.41, 5.74) is 1.73. The predicted octanol–water partition coefficient (Wildman–Crippen LogP) is 3.44. The van der Waals surface area contributed by atoms with Crippen molar-refractivity contribution in [1.29, 1.82) is 0 Å². The molecule has 0 amide bonds. The van der Waals surface area contributed by atoms with Crippen molar-refractivity contribution >= 4 is 34.3 Å². The third kappa shape index (κ3) is 3.55. The van der Waals surface area contributed by atoms with Crippen LogP contribution in [-0.2, 0) is 9.59 Å². The number of hydrogen-bond acceptors (Lipinski definition) is 4. The summed E-state index contributed by atoms with van der Waals surface area (Å²) in [7, 11) is 1.56. The van der Waals surface area contributed by atoms with Gasteiger partial charge in [-0.2, -0.15) is 0 Å². The third-order valence-corrected chi connectivity index (χ3v) is 3.74. The molecule has 5 nitrogen and oxygen atoms in total. The van der Waals surface area contributed by atoms with Gasteiger partial charge < -0.3 is 9.84 Å². The Hall–Kier alpha value is -3.47. The van der Waals surface area contributed by atoms with Crippen LogP contribution in [0.3, 0.4) is 0 Å². The Kier molecular flexibility index (Phi) is 4.57. The van der Waals surface area contributed by atoms with Gasteiger partial charge >= 0.3 is 5.97 Å². The minimum absolute atomic E-state index is 0.0309. The van der Waals surface area contributed by atoms with Crippen LogP contribution in [0.1, 0.15) is 11.3 Å². The second kappa shape index (κ2) is 6.97. The number of ketones is 1. The van der Waals surface area contributed by atoms with Gasteiger partial charge in [0.2, 0.25) is 0 Å². The molecule has 0 bridgehead atoms. The largest absolute Gasteiger partial charge is 0.497 e. The van der Waals surface area contributed by atoms with E-state index in [9.17, 15) is 9.59 Å². The monoisotopic (exact) mass is 333 g/mol. The molecule has 1 aromatic heterocycles. The maximum absolute atomic E-state index is 12.2. The molecule has 0 saturated heterocycles. The molecule has 0 saturated carbocycles. The molecule has 1 N–H and O–H groups in total.